The van der Waals surface area contributed by atoms with Gasteiger partial charge in [-0.05, 0) is 104 Å². The standard InChI is InChI=1S/C31H42F2/c1-3-5-7-9-10-22-12-13-24-19-25(15-14-23(24)18-22)28-17-16-26-20-27(11-8-6-4-2)30(32)21-29(26)31(28)33/h4,6,16-17,20-25H,3,5,7-15,18-19H2,1-2H3/b6-4+/t22?,23-,24?,25-/m1/s1. The molecule has 4 rings (SSSR count). The van der Waals surface area contributed by atoms with Crippen molar-refractivity contribution in [3.8, 4) is 0 Å². The average Bonchev–Trinajstić information content (AvgIpc) is 2.83. The summed E-state index contributed by atoms with van der Waals surface area (Å²) in [4.78, 5) is 0. The second kappa shape index (κ2) is 11.6. The van der Waals surface area contributed by atoms with Crippen LogP contribution in [0, 0.1) is 29.4 Å². The van der Waals surface area contributed by atoms with Gasteiger partial charge in [-0.15, -0.1) is 0 Å². The van der Waals surface area contributed by atoms with Crippen molar-refractivity contribution in [3.63, 3.8) is 0 Å². The van der Waals surface area contributed by atoms with Crippen molar-refractivity contribution < 1.29 is 8.78 Å². The summed E-state index contributed by atoms with van der Waals surface area (Å²) in [5.74, 6) is 2.34. The molecule has 4 atom stereocenters. The summed E-state index contributed by atoms with van der Waals surface area (Å²) in [6, 6.07) is 7.30. The largest absolute Gasteiger partial charge is 0.207 e. The lowest BCUT2D eigenvalue weighted by molar-refractivity contribution is 0.112. The molecule has 2 aromatic rings. The maximum atomic E-state index is 15.6. The van der Waals surface area contributed by atoms with Gasteiger partial charge in [-0.25, -0.2) is 8.78 Å². The Labute approximate surface area is 199 Å². The predicted octanol–water partition coefficient (Wildman–Crippen LogP) is 9.90. The van der Waals surface area contributed by atoms with Crippen molar-refractivity contribution in [1.29, 1.82) is 0 Å². The van der Waals surface area contributed by atoms with Gasteiger partial charge in [-0.2, -0.15) is 0 Å². The van der Waals surface area contributed by atoms with Crippen molar-refractivity contribution >= 4 is 10.8 Å². The van der Waals surface area contributed by atoms with Crippen molar-refractivity contribution in [1.82, 2.24) is 0 Å². The third kappa shape index (κ3) is 5.87. The Kier molecular flexibility index (Phi) is 8.61. The van der Waals surface area contributed by atoms with Crippen LogP contribution in [0.5, 0.6) is 0 Å². The van der Waals surface area contributed by atoms with Crippen molar-refractivity contribution in [3.05, 3.63) is 59.2 Å². The highest BCUT2D eigenvalue weighted by Crippen LogP contribution is 2.49. The topological polar surface area (TPSA) is 0 Å². The van der Waals surface area contributed by atoms with E-state index in [2.05, 4.69) is 6.92 Å². The molecule has 2 aliphatic rings. The molecule has 2 heteroatoms. The molecule has 0 aliphatic heterocycles. The van der Waals surface area contributed by atoms with Crippen molar-refractivity contribution in [2.75, 3.05) is 0 Å². The van der Waals surface area contributed by atoms with Gasteiger partial charge in [-0.1, -0.05) is 69.7 Å². The van der Waals surface area contributed by atoms with E-state index in [1.807, 2.05) is 37.3 Å². The van der Waals surface area contributed by atoms with Gasteiger partial charge in [-0.3, -0.25) is 0 Å². The molecule has 180 valence electrons. The fourth-order valence-electron chi connectivity index (χ4n) is 6.68. The van der Waals surface area contributed by atoms with Gasteiger partial charge in [0.15, 0.2) is 0 Å². The third-order valence-electron chi connectivity index (χ3n) is 8.59. The molecule has 33 heavy (non-hydrogen) atoms. The first-order chi connectivity index (χ1) is 16.1. The minimum atomic E-state index is -0.274. The Hall–Kier alpha value is -1.70. The van der Waals surface area contributed by atoms with Gasteiger partial charge < -0.3 is 0 Å². The number of aryl methyl sites for hydroxylation is 1. The van der Waals surface area contributed by atoms with Gasteiger partial charge in [0.25, 0.3) is 0 Å². The Balaban J connectivity index is 1.42. The van der Waals surface area contributed by atoms with E-state index >= 15 is 4.39 Å². The van der Waals surface area contributed by atoms with Crippen LogP contribution in [0.25, 0.3) is 10.8 Å². The molecular formula is C31H42F2. The summed E-state index contributed by atoms with van der Waals surface area (Å²) < 4.78 is 30.3. The van der Waals surface area contributed by atoms with Crippen molar-refractivity contribution in [2.45, 2.75) is 103 Å². The van der Waals surface area contributed by atoms with Crippen LogP contribution < -0.4 is 0 Å². The van der Waals surface area contributed by atoms with Crippen LogP contribution in [0.4, 0.5) is 8.78 Å². The highest BCUT2D eigenvalue weighted by atomic mass is 19.1. The molecule has 0 bridgehead atoms. The van der Waals surface area contributed by atoms with E-state index in [1.165, 1.54) is 63.9 Å². The molecular weight excluding hydrogens is 410 g/mol. The fraction of sp³-hybridized carbons (Fsp3) is 0.613. The minimum Gasteiger partial charge on any atom is -0.207 e. The molecule has 2 saturated carbocycles. The number of hydrogen-bond donors (Lipinski definition) is 0. The molecule has 2 fully saturated rings. The van der Waals surface area contributed by atoms with Gasteiger partial charge in [0.05, 0.1) is 0 Å². The maximum absolute atomic E-state index is 15.6. The first kappa shape index (κ1) is 24.4. The maximum Gasteiger partial charge on any atom is 0.134 e. The summed E-state index contributed by atoms with van der Waals surface area (Å²) in [6.45, 7) is 4.25. The Morgan fingerprint density at radius 1 is 0.939 bits per heavy atom. The Morgan fingerprint density at radius 3 is 2.58 bits per heavy atom. The van der Waals surface area contributed by atoms with Gasteiger partial charge in [0, 0.05) is 5.39 Å². The molecule has 2 unspecified atom stereocenters. The molecule has 0 aromatic heterocycles. The van der Waals surface area contributed by atoms with Crippen LogP contribution in [0.15, 0.2) is 36.4 Å². The molecule has 0 spiro atoms. The van der Waals surface area contributed by atoms with Crippen LogP contribution >= 0.6 is 0 Å². The number of rotatable bonds is 9. The monoisotopic (exact) mass is 452 g/mol. The van der Waals surface area contributed by atoms with Crippen LogP contribution in [-0.2, 0) is 6.42 Å². The molecule has 0 radical (unpaired) electrons. The summed E-state index contributed by atoms with van der Waals surface area (Å²) in [6.07, 6.45) is 19.9. The third-order valence-corrected chi connectivity index (χ3v) is 8.59. The van der Waals surface area contributed by atoms with Crippen LogP contribution in [0.3, 0.4) is 0 Å². The van der Waals surface area contributed by atoms with Crippen LogP contribution in [0.2, 0.25) is 0 Å². The second-order valence-electron chi connectivity index (χ2n) is 10.8. The number of benzene rings is 2. The van der Waals surface area contributed by atoms with Crippen molar-refractivity contribution in [2.24, 2.45) is 17.8 Å². The smallest absolute Gasteiger partial charge is 0.134 e. The normalized spacial score (nSPS) is 25.6. The summed E-state index contributed by atoms with van der Waals surface area (Å²) in [5.41, 5.74) is 1.50. The number of fused-ring (bicyclic) bond motifs is 2. The summed E-state index contributed by atoms with van der Waals surface area (Å²) in [5, 5.41) is 1.28. The highest BCUT2D eigenvalue weighted by Gasteiger charge is 2.36. The fourth-order valence-corrected chi connectivity index (χ4v) is 6.68. The van der Waals surface area contributed by atoms with Crippen LogP contribution in [0.1, 0.15) is 108 Å². The van der Waals surface area contributed by atoms with E-state index in [4.69, 9.17) is 0 Å². The van der Waals surface area contributed by atoms with Gasteiger partial charge in [0.2, 0.25) is 0 Å². The van der Waals surface area contributed by atoms with E-state index in [0.717, 1.165) is 48.0 Å². The minimum absolute atomic E-state index is 0.181. The van der Waals surface area contributed by atoms with E-state index in [0.29, 0.717) is 17.4 Å². The first-order valence-electron chi connectivity index (χ1n) is 13.6. The Morgan fingerprint density at radius 2 is 1.76 bits per heavy atom. The van der Waals surface area contributed by atoms with Gasteiger partial charge in [0.1, 0.15) is 11.6 Å². The lowest BCUT2D eigenvalue weighted by Crippen LogP contribution is -2.30. The number of allylic oxidation sites excluding steroid dienone is 2. The zero-order chi connectivity index (χ0) is 23.2. The highest BCUT2D eigenvalue weighted by molar-refractivity contribution is 5.85. The zero-order valence-electron chi connectivity index (χ0n) is 20.7. The number of halogens is 2. The molecule has 0 heterocycles. The molecule has 0 nitrogen and oxygen atoms in total. The molecule has 2 aliphatic carbocycles. The number of unbranched alkanes of at least 4 members (excludes halogenated alkanes) is 3. The molecule has 0 N–H and O–H groups in total. The van der Waals surface area contributed by atoms with Crippen LogP contribution in [-0.4, -0.2) is 0 Å². The lowest BCUT2D eigenvalue weighted by Gasteiger charge is -2.42. The lowest BCUT2D eigenvalue weighted by atomic mass is 9.63. The van der Waals surface area contributed by atoms with E-state index < -0.39 is 0 Å². The molecule has 0 amide bonds. The summed E-state index contributed by atoms with van der Waals surface area (Å²) in [7, 11) is 0. The SMILES string of the molecule is C/C=C/CCc1cc2ccc([C@@H]3CC[C@@H]4CC(CCCCCC)CCC4C3)c(F)c2cc1F. The Bertz CT molecular complexity index is 944. The molecule has 2 aromatic carbocycles. The van der Waals surface area contributed by atoms with E-state index in [1.54, 1.807) is 0 Å². The second-order valence-corrected chi connectivity index (χ2v) is 10.8. The molecule has 0 saturated heterocycles. The number of hydrogen-bond acceptors (Lipinski definition) is 0. The quantitative estimate of drug-likeness (QED) is 0.262. The van der Waals surface area contributed by atoms with E-state index in [9.17, 15) is 4.39 Å². The van der Waals surface area contributed by atoms with Gasteiger partial charge >= 0.3 is 0 Å². The predicted molar refractivity (Wildman–Crippen MR) is 137 cm³/mol. The average molecular weight is 453 g/mol. The first-order valence-corrected chi connectivity index (χ1v) is 13.6. The summed E-state index contributed by atoms with van der Waals surface area (Å²) >= 11 is 0. The zero-order valence-corrected chi connectivity index (χ0v) is 20.7. The van der Waals surface area contributed by atoms with E-state index in [-0.39, 0.29) is 17.6 Å².